The van der Waals surface area contributed by atoms with Crippen LogP contribution >= 0.6 is 11.3 Å². The van der Waals surface area contributed by atoms with Gasteiger partial charge in [0.25, 0.3) is 0 Å². The molecule has 6 nitrogen and oxygen atoms in total. The molecule has 2 aromatic rings. The first-order valence-corrected chi connectivity index (χ1v) is 9.41. The van der Waals surface area contributed by atoms with E-state index in [1.807, 2.05) is 18.4 Å². The molecule has 0 aliphatic carbocycles. The van der Waals surface area contributed by atoms with E-state index in [0.717, 1.165) is 10.4 Å². The summed E-state index contributed by atoms with van der Waals surface area (Å²) < 4.78 is 33.7. The molecule has 0 spiro atoms. The summed E-state index contributed by atoms with van der Waals surface area (Å²) in [4.78, 5) is 12.9. The Morgan fingerprint density at radius 2 is 2.09 bits per heavy atom. The fourth-order valence-electron chi connectivity index (χ4n) is 2.28. The maximum atomic E-state index is 12.5. The number of esters is 1. The fraction of sp³-hybridized carbons (Fsp3) is 0.400. The van der Waals surface area contributed by atoms with Gasteiger partial charge in [-0.15, -0.1) is 11.3 Å². The molecule has 0 radical (unpaired) electrons. The van der Waals surface area contributed by atoms with Gasteiger partial charge in [0, 0.05) is 24.2 Å². The van der Waals surface area contributed by atoms with Gasteiger partial charge in [0.2, 0.25) is 10.0 Å². The van der Waals surface area contributed by atoms with E-state index >= 15 is 0 Å². The molecule has 23 heavy (non-hydrogen) atoms. The molecule has 0 aliphatic rings. The Morgan fingerprint density at radius 3 is 2.65 bits per heavy atom. The maximum absolute atomic E-state index is 12.5. The van der Waals surface area contributed by atoms with Crippen molar-refractivity contribution in [2.24, 2.45) is 7.05 Å². The van der Waals surface area contributed by atoms with Gasteiger partial charge < -0.3 is 9.30 Å². The van der Waals surface area contributed by atoms with E-state index in [9.17, 15) is 13.2 Å². The van der Waals surface area contributed by atoms with Crippen LogP contribution < -0.4 is 4.72 Å². The van der Waals surface area contributed by atoms with Crippen LogP contribution in [0.5, 0.6) is 0 Å². The molecular weight excluding hydrogens is 336 g/mol. The molecule has 1 N–H and O–H groups in total. The highest BCUT2D eigenvalue weighted by Gasteiger charge is 2.24. The Labute approximate surface area is 140 Å². The molecule has 0 unspecified atom stereocenters. The minimum atomic E-state index is -3.67. The minimum absolute atomic E-state index is 0.100. The highest BCUT2D eigenvalue weighted by Crippen LogP contribution is 2.20. The first-order chi connectivity index (χ1) is 10.8. The van der Waals surface area contributed by atoms with Gasteiger partial charge in [0.05, 0.1) is 7.11 Å². The lowest BCUT2D eigenvalue weighted by Gasteiger charge is -2.07. The molecule has 0 amide bonds. The van der Waals surface area contributed by atoms with Gasteiger partial charge in [-0.1, -0.05) is 0 Å². The van der Waals surface area contributed by atoms with Crippen molar-refractivity contribution in [3.63, 3.8) is 0 Å². The third kappa shape index (κ3) is 3.65. The molecule has 2 heterocycles. The monoisotopic (exact) mass is 356 g/mol. The maximum Gasteiger partial charge on any atom is 0.354 e. The van der Waals surface area contributed by atoms with Crippen LogP contribution in [0.4, 0.5) is 0 Å². The number of hydrogen-bond donors (Lipinski definition) is 1. The molecule has 0 fully saturated rings. The van der Waals surface area contributed by atoms with Crippen molar-refractivity contribution in [1.82, 2.24) is 9.29 Å². The number of thiophene rings is 1. The molecule has 0 saturated carbocycles. The predicted octanol–water partition coefficient (Wildman–Crippen LogP) is 2.01. The second-order valence-corrected chi connectivity index (χ2v) is 7.94. The number of rotatable bonds is 6. The molecule has 126 valence electrons. The summed E-state index contributed by atoms with van der Waals surface area (Å²) in [6.45, 7) is 3.97. The Kier molecular flexibility index (Phi) is 5.28. The van der Waals surface area contributed by atoms with E-state index in [0.29, 0.717) is 18.7 Å². The number of nitrogens with zero attached hydrogens (tertiary/aromatic N) is 1. The number of nitrogens with one attached hydrogen (secondary N) is 1. The molecule has 0 saturated heterocycles. The van der Waals surface area contributed by atoms with Crippen molar-refractivity contribution >= 4 is 27.3 Å². The van der Waals surface area contributed by atoms with Crippen LogP contribution in [0.1, 0.15) is 26.6 Å². The quantitative estimate of drug-likeness (QED) is 0.803. The van der Waals surface area contributed by atoms with Gasteiger partial charge in [-0.3, -0.25) is 0 Å². The number of methoxy groups -OCH3 is 1. The van der Waals surface area contributed by atoms with Gasteiger partial charge in [-0.2, -0.15) is 0 Å². The summed E-state index contributed by atoms with van der Waals surface area (Å²) in [6.07, 6.45) is 0.637. The summed E-state index contributed by atoms with van der Waals surface area (Å²) in [6, 6.07) is 3.36. The standard InChI is InChI=1S/C15H20N2O4S2/c1-10-6-8-22-13(10)5-7-16-23(19,20)14-9-12(15(18)21-4)17(3)11(14)2/h6,8-9,16H,5,7H2,1-4H3. The first-order valence-electron chi connectivity index (χ1n) is 7.05. The third-order valence-corrected chi connectivity index (χ3v) is 6.44. The Balaban J connectivity index is 2.16. The average Bonchev–Trinajstić information content (AvgIpc) is 3.04. The van der Waals surface area contributed by atoms with E-state index in [2.05, 4.69) is 9.46 Å². The Morgan fingerprint density at radius 1 is 1.39 bits per heavy atom. The van der Waals surface area contributed by atoms with Crippen LogP contribution in [0, 0.1) is 13.8 Å². The van der Waals surface area contributed by atoms with Gasteiger partial charge in [0.15, 0.2) is 0 Å². The molecule has 2 aromatic heterocycles. The molecule has 2 rings (SSSR count). The smallest absolute Gasteiger partial charge is 0.354 e. The number of aryl methyl sites for hydroxylation is 1. The largest absolute Gasteiger partial charge is 0.464 e. The SMILES string of the molecule is COC(=O)c1cc(S(=O)(=O)NCCc2sccc2C)c(C)n1C. The van der Waals surface area contributed by atoms with Crippen molar-refractivity contribution in [3.8, 4) is 0 Å². The predicted molar refractivity (Wildman–Crippen MR) is 89.4 cm³/mol. The van der Waals surface area contributed by atoms with Gasteiger partial charge in [0.1, 0.15) is 10.6 Å². The second-order valence-electron chi connectivity index (χ2n) is 5.20. The lowest BCUT2D eigenvalue weighted by molar-refractivity contribution is 0.0589. The van der Waals surface area contributed by atoms with Gasteiger partial charge >= 0.3 is 5.97 Å². The summed E-state index contributed by atoms with van der Waals surface area (Å²) >= 11 is 1.61. The summed E-state index contributed by atoms with van der Waals surface area (Å²) in [5.41, 5.74) is 1.86. The van der Waals surface area contributed by atoms with Gasteiger partial charge in [-0.25, -0.2) is 17.9 Å². The zero-order valence-electron chi connectivity index (χ0n) is 13.5. The summed E-state index contributed by atoms with van der Waals surface area (Å²) in [5, 5.41) is 1.99. The Bertz CT molecular complexity index is 819. The minimum Gasteiger partial charge on any atom is -0.464 e. The summed E-state index contributed by atoms with van der Waals surface area (Å²) in [7, 11) is -0.776. The van der Waals surface area contributed by atoms with Gasteiger partial charge in [-0.05, 0) is 43.3 Å². The molecule has 0 aromatic carbocycles. The van der Waals surface area contributed by atoms with E-state index < -0.39 is 16.0 Å². The average molecular weight is 356 g/mol. The molecule has 0 atom stereocenters. The lowest BCUT2D eigenvalue weighted by Crippen LogP contribution is -2.26. The number of sulfonamides is 1. The van der Waals surface area contributed by atoms with Crippen LogP contribution in [-0.4, -0.2) is 32.6 Å². The number of carbonyl (C=O) groups excluding carboxylic acids is 1. The highest BCUT2D eigenvalue weighted by molar-refractivity contribution is 7.89. The zero-order valence-corrected chi connectivity index (χ0v) is 15.2. The molecule has 0 aliphatic heterocycles. The van der Waals surface area contributed by atoms with E-state index in [1.165, 1.54) is 17.7 Å². The van der Waals surface area contributed by atoms with E-state index in [-0.39, 0.29) is 10.6 Å². The van der Waals surface area contributed by atoms with Crippen molar-refractivity contribution in [2.45, 2.75) is 25.2 Å². The van der Waals surface area contributed by atoms with Crippen molar-refractivity contribution in [2.75, 3.05) is 13.7 Å². The third-order valence-electron chi connectivity index (χ3n) is 3.79. The zero-order chi connectivity index (χ0) is 17.2. The second kappa shape index (κ2) is 6.86. The van der Waals surface area contributed by atoms with Crippen LogP contribution in [0.15, 0.2) is 22.4 Å². The van der Waals surface area contributed by atoms with Crippen LogP contribution in [0.25, 0.3) is 0 Å². The van der Waals surface area contributed by atoms with Crippen molar-refractivity contribution in [1.29, 1.82) is 0 Å². The lowest BCUT2D eigenvalue weighted by atomic mass is 10.2. The van der Waals surface area contributed by atoms with Crippen molar-refractivity contribution < 1.29 is 17.9 Å². The van der Waals surface area contributed by atoms with Crippen molar-refractivity contribution in [3.05, 3.63) is 39.3 Å². The highest BCUT2D eigenvalue weighted by atomic mass is 32.2. The van der Waals surface area contributed by atoms with Crippen LogP contribution in [0.2, 0.25) is 0 Å². The molecular formula is C15H20N2O4S2. The number of carbonyl (C=O) groups is 1. The number of hydrogen-bond acceptors (Lipinski definition) is 5. The molecule has 0 bridgehead atoms. The van der Waals surface area contributed by atoms with E-state index in [1.54, 1.807) is 25.3 Å². The Hall–Kier alpha value is -1.64. The van der Waals surface area contributed by atoms with Crippen LogP contribution in [-0.2, 0) is 28.2 Å². The first kappa shape index (κ1) is 17.7. The van der Waals surface area contributed by atoms with Crippen LogP contribution in [0.3, 0.4) is 0 Å². The number of aromatic nitrogens is 1. The fourth-order valence-corrected chi connectivity index (χ4v) is 4.51. The summed E-state index contributed by atoms with van der Waals surface area (Å²) in [5.74, 6) is -0.564. The topological polar surface area (TPSA) is 77.4 Å². The van der Waals surface area contributed by atoms with E-state index in [4.69, 9.17) is 0 Å². The number of ether oxygens (including phenoxy) is 1. The normalized spacial score (nSPS) is 11.7. The molecule has 8 heteroatoms.